The first kappa shape index (κ1) is 15.5. The number of nitrogens with two attached hydrogens (primary N) is 1. The zero-order valence-corrected chi connectivity index (χ0v) is 12.3. The number of rotatable bonds is 3. The number of hydrogen-bond acceptors (Lipinski definition) is 4. The first-order valence-electron chi connectivity index (χ1n) is 7.29. The number of carbonyl (C=O) groups excluding carboxylic acids is 1. The molecule has 1 amide bonds. The Morgan fingerprint density at radius 2 is 2.24 bits per heavy atom. The molecule has 1 fully saturated rings. The maximum atomic E-state index is 12.5. The Morgan fingerprint density at radius 1 is 1.48 bits per heavy atom. The number of likely N-dealkylation sites (tertiary alicyclic amines) is 1. The number of piperidine rings is 1. The lowest BCUT2D eigenvalue weighted by molar-refractivity contribution is 0.0146. The van der Waals surface area contributed by atoms with Gasteiger partial charge in [0.25, 0.3) is 5.91 Å². The zero-order chi connectivity index (χ0) is 15.1. The highest BCUT2D eigenvalue weighted by atomic mass is 16.5. The van der Waals surface area contributed by atoms with Crippen LogP contribution in [0.2, 0.25) is 0 Å². The Balaban J connectivity index is 2.00. The smallest absolute Gasteiger partial charge is 0.255 e. The van der Waals surface area contributed by atoms with Crippen molar-refractivity contribution in [1.29, 1.82) is 0 Å². The molecule has 0 aromatic carbocycles. The van der Waals surface area contributed by atoms with Gasteiger partial charge in [-0.05, 0) is 25.8 Å². The second-order valence-electron chi connectivity index (χ2n) is 4.92. The van der Waals surface area contributed by atoms with Gasteiger partial charge >= 0.3 is 0 Å². The maximum absolute atomic E-state index is 12.5. The lowest BCUT2D eigenvalue weighted by Crippen LogP contribution is -2.41. The lowest BCUT2D eigenvalue weighted by atomic mass is 10.1. The fourth-order valence-corrected chi connectivity index (χ4v) is 2.42. The maximum Gasteiger partial charge on any atom is 0.255 e. The average Bonchev–Trinajstić information content (AvgIpc) is 2.53. The van der Waals surface area contributed by atoms with Gasteiger partial charge in [-0.3, -0.25) is 9.78 Å². The Morgan fingerprint density at radius 3 is 2.90 bits per heavy atom. The van der Waals surface area contributed by atoms with Crippen LogP contribution in [-0.2, 0) is 4.74 Å². The molecule has 2 rings (SSSR count). The van der Waals surface area contributed by atoms with E-state index in [4.69, 9.17) is 10.5 Å². The van der Waals surface area contributed by atoms with Gasteiger partial charge in [0.2, 0.25) is 0 Å². The molecule has 112 valence electrons. The lowest BCUT2D eigenvalue weighted by Gasteiger charge is -2.31. The van der Waals surface area contributed by atoms with Crippen LogP contribution in [0, 0.1) is 11.8 Å². The van der Waals surface area contributed by atoms with Crippen molar-refractivity contribution in [3.05, 3.63) is 29.6 Å². The molecule has 1 aromatic heterocycles. The van der Waals surface area contributed by atoms with E-state index in [1.54, 1.807) is 18.5 Å². The van der Waals surface area contributed by atoms with E-state index in [1.165, 1.54) is 0 Å². The monoisotopic (exact) mass is 287 g/mol. The molecule has 0 atom stereocenters. The molecule has 0 aliphatic carbocycles. The van der Waals surface area contributed by atoms with E-state index < -0.39 is 0 Å². The zero-order valence-electron chi connectivity index (χ0n) is 12.3. The highest BCUT2D eigenvalue weighted by molar-refractivity contribution is 5.94. The summed E-state index contributed by atoms with van der Waals surface area (Å²) in [6.45, 7) is 4.47. The summed E-state index contributed by atoms with van der Waals surface area (Å²) in [5.74, 6) is 5.67. The molecule has 21 heavy (non-hydrogen) atoms. The van der Waals surface area contributed by atoms with Gasteiger partial charge in [0.05, 0.1) is 18.2 Å². The van der Waals surface area contributed by atoms with E-state index >= 15 is 0 Å². The fourth-order valence-electron chi connectivity index (χ4n) is 2.42. The van der Waals surface area contributed by atoms with Crippen molar-refractivity contribution >= 4 is 5.91 Å². The van der Waals surface area contributed by atoms with Crippen molar-refractivity contribution in [2.24, 2.45) is 5.73 Å². The first-order valence-corrected chi connectivity index (χ1v) is 7.29. The van der Waals surface area contributed by atoms with Crippen molar-refractivity contribution in [2.75, 3.05) is 26.2 Å². The molecule has 2 N–H and O–H groups in total. The van der Waals surface area contributed by atoms with Gasteiger partial charge in [0, 0.05) is 37.7 Å². The molecule has 5 nitrogen and oxygen atoms in total. The molecule has 1 aromatic rings. The number of pyridine rings is 1. The minimum Gasteiger partial charge on any atom is -0.378 e. The summed E-state index contributed by atoms with van der Waals surface area (Å²) in [5, 5.41) is 0. The van der Waals surface area contributed by atoms with Crippen LogP contribution >= 0.6 is 0 Å². The van der Waals surface area contributed by atoms with Crippen LogP contribution in [0.4, 0.5) is 0 Å². The quantitative estimate of drug-likeness (QED) is 0.843. The fraction of sp³-hybridized carbons (Fsp3) is 0.500. The van der Waals surface area contributed by atoms with Crippen molar-refractivity contribution in [3.63, 3.8) is 0 Å². The number of hydrogen-bond donors (Lipinski definition) is 1. The van der Waals surface area contributed by atoms with E-state index in [9.17, 15) is 4.79 Å². The Hall–Kier alpha value is -1.90. The number of ether oxygens (including phenoxy) is 1. The summed E-state index contributed by atoms with van der Waals surface area (Å²) >= 11 is 0. The van der Waals surface area contributed by atoms with Gasteiger partial charge in [-0.2, -0.15) is 0 Å². The second-order valence-corrected chi connectivity index (χ2v) is 4.92. The molecule has 2 heterocycles. The average molecular weight is 287 g/mol. The SMILES string of the molecule is CCOC1CCN(C(=O)c2cncc(C#CCN)c2)CC1. The summed E-state index contributed by atoms with van der Waals surface area (Å²) < 4.78 is 5.60. The predicted octanol–water partition coefficient (Wildman–Crippen LogP) is 1.03. The molecule has 0 radical (unpaired) electrons. The minimum absolute atomic E-state index is 0.00819. The number of carbonyl (C=O) groups is 1. The molecule has 1 aliphatic rings. The van der Waals surface area contributed by atoms with Crippen molar-refractivity contribution in [3.8, 4) is 11.8 Å². The Kier molecular flexibility index (Phi) is 5.73. The second kappa shape index (κ2) is 7.77. The van der Waals surface area contributed by atoms with Crippen molar-refractivity contribution in [2.45, 2.75) is 25.9 Å². The van der Waals surface area contributed by atoms with Crippen LogP contribution in [-0.4, -0.2) is 48.1 Å². The van der Waals surface area contributed by atoms with Crippen LogP contribution < -0.4 is 5.73 Å². The number of amides is 1. The van der Waals surface area contributed by atoms with Crippen LogP contribution in [0.25, 0.3) is 0 Å². The van der Waals surface area contributed by atoms with E-state index in [0.29, 0.717) is 12.1 Å². The van der Waals surface area contributed by atoms with Crippen LogP contribution in [0.1, 0.15) is 35.7 Å². The highest BCUT2D eigenvalue weighted by Crippen LogP contribution is 2.16. The third-order valence-electron chi connectivity index (χ3n) is 3.45. The Labute approximate surface area is 125 Å². The summed E-state index contributed by atoms with van der Waals surface area (Å²) in [6.07, 6.45) is 5.28. The Bertz CT molecular complexity index is 540. The van der Waals surface area contributed by atoms with Crippen LogP contribution in [0.3, 0.4) is 0 Å². The summed E-state index contributed by atoms with van der Waals surface area (Å²) in [4.78, 5) is 18.4. The van der Waals surface area contributed by atoms with Gasteiger partial charge in [-0.25, -0.2) is 0 Å². The minimum atomic E-state index is 0.00819. The van der Waals surface area contributed by atoms with Gasteiger partial charge in [-0.15, -0.1) is 0 Å². The van der Waals surface area contributed by atoms with Crippen LogP contribution in [0.5, 0.6) is 0 Å². The normalized spacial score (nSPS) is 15.4. The molecule has 1 aliphatic heterocycles. The molecule has 0 spiro atoms. The number of nitrogens with zero attached hydrogens (tertiary/aromatic N) is 2. The third-order valence-corrected chi connectivity index (χ3v) is 3.45. The molecular formula is C16H21N3O2. The third kappa shape index (κ3) is 4.28. The summed E-state index contributed by atoms with van der Waals surface area (Å²) in [6, 6.07) is 1.77. The van der Waals surface area contributed by atoms with E-state index in [-0.39, 0.29) is 12.0 Å². The molecule has 5 heteroatoms. The number of aromatic nitrogens is 1. The van der Waals surface area contributed by atoms with Crippen molar-refractivity contribution < 1.29 is 9.53 Å². The molecule has 0 bridgehead atoms. The van der Waals surface area contributed by atoms with Crippen molar-refractivity contribution in [1.82, 2.24) is 9.88 Å². The predicted molar refractivity (Wildman–Crippen MR) is 80.7 cm³/mol. The molecule has 1 saturated heterocycles. The van der Waals surface area contributed by atoms with Crippen LogP contribution in [0.15, 0.2) is 18.5 Å². The van der Waals surface area contributed by atoms with Gasteiger partial charge in [0.15, 0.2) is 0 Å². The molecule has 0 unspecified atom stereocenters. The van der Waals surface area contributed by atoms with E-state index in [0.717, 1.165) is 38.1 Å². The standard InChI is InChI=1S/C16H21N3O2/c1-2-21-15-5-8-19(9-6-15)16(20)14-10-13(4-3-7-17)11-18-12-14/h10-12,15H,2,5-9,17H2,1H3. The molecule has 0 saturated carbocycles. The molecular weight excluding hydrogens is 266 g/mol. The van der Waals surface area contributed by atoms with Gasteiger partial charge in [0.1, 0.15) is 0 Å². The summed E-state index contributed by atoms with van der Waals surface area (Å²) in [5.41, 5.74) is 6.64. The topological polar surface area (TPSA) is 68.5 Å². The van der Waals surface area contributed by atoms with Gasteiger partial charge in [-0.1, -0.05) is 11.8 Å². The summed E-state index contributed by atoms with van der Waals surface area (Å²) in [7, 11) is 0. The van der Waals surface area contributed by atoms with E-state index in [1.807, 2.05) is 11.8 Å². The van der Waals surface area contributed by atoms with Gasteiger partial charge < -0.3 is 15.4 Å². The first-order chi connectivity index (χ1) is 10.2. The largest absolute Gasteiger partial charge is 0.378 e. The highest BCUT2D eigenvalue weighted by Gasteiger charge is 2.23. The van der Waals surface area contributed by atoms with E-state index in [2.05, 4.69) is 16.8 Å².